The number of rotatable bonds is 0. The molecule has 2 aliphatic rings. The molecule has 3 rings (SSSR count). The summed E-state index contributed by atoms with van der Waals surface area (Å²) in [5.41, 5.74) is 10.9. The second kappa shape index (κ2) is 3.08. The maximum atomic E-state index is 6.30. The van der Waals surface area contributed by atoms with Gasteiger partial charge in [-0.2, -0.15) is 0 Å². The Morgan fingerprint density at radius 3 is 2.67 bits per heavy atom. The minimum atomic E-state index is 0.273. The second-order valence-corrected chi connectivity index (χ2v) is 5.32. The van der Waals surface area contributed by atoms with Crippen LogP contribution in [0.4, 0.5) is 0 Å². The summed E-state index contributed by atoms with van der Waals surface area (Å²) >= 11 is 0. The van der Waals surface area contributed by atoms with Crippen molar-refractivity contribution in [3.8, 4) is 0 Å². The molecular weight excluding hydrogens is 182 g/mol. The van der Waals surface area contributed by atoms with Crippen LogP contribution in [0.1, 0.15) is 61.3 Å². The molecule has 0 saturated carbocycles. The van der Waals surface area contributed by atoms with Crippen LogP contribution in [0, 0.1) is 5.92 Å². The van der Waals surface area contributed by atoms with E-state index < -0.39 is 0 Å². The molecule has 2 aliphatic carbocycles. The minimum absolute atomic E-state index is 0.273. The zero-order valence-electron chi connectivity index (χ0n) is 9.53. The largest absolute Gasteiger partial charge is 0.324 e. The second-order valence-electron chi connectivity index (χ2n) is 5.32. The molecule has 1 aromatic carbocycles. The summed E-state index contributed by atoms with van der Waals surface area (Å²) in [5, 5.41) is 0. The Labute approximate surface area is 91.7 Å². The summed E-state index contributed by atoms with van der Waals surface area (Å²) in [7, 11) is 0. The van der Waals surface area contributed by atoms with Gasteiger partial charge >= 0.3 is 0 Å². The molecule has 2 N–H and O–H groups in total. The van der Waals surface area contributed by atoms with E-state index in [4.69, 9.17) is 5.73 Å². The minimum Gasteiger partial charge on any atom is -0.324 e. The number of benzene rings is 1. The molecule has 1 nitrogen and oxygen atoms in total. The molecule has 1 aromatic rings. The predicted molar refractivity (Wildman–Crippen MR) is 62.9 cm³/mol. The molecule has 15 heavy (non-hydrogen) atoms. The Hall–Kier alpha value is -0.820. The maximum Gasteiger partial charge on any atom is 0.0329 e. The maximum absolute atomic E-state index is 6.30. The van der Waals surface area contributed by atoms with Crippen LogP contribution < -0.4 is 5.73 Å². The van der Waals surface area contributed by atoms with Gasteiger partial charge in [0.2, 0.25) is 0 Å². The van der Waals surface area contributed by atoms with Gasteiger partial charge in [0.25, 0.3) is 0 Å². The third-order valence-electron chi connectivity index (χ3n) is 4.55. The van der Waals surface area contributed by atoms with E-state index in [9.17, 15) is 0 Å². The molecule has 0 aromatic heterocycles. The quantitative estimate of drug-likeness (QED) is 0.684. The average Bonchev–Trinajstić information content (AvgIpc) is 2.50. The van der Waals surface area contributed by atoms with Gasteiger partial charge in [-0.3, -0.25) is 0 Å². The van der Waals surface area contributed by atoms with Crippen molar-refractivity contribution in [2.75, 3.05) is 0 Å². The van der Waals surface area contributed by atoms with E-state index in [1.807, 2.05) is 0 Å². The van der Waals surface area contributed by atoms with Gasteiger partial charge in [-0.15, -0.1) is 0 Å². The normalized spacial score (nSPS) is 37.8. The Balaban J connectivity index is 2.22. The predicted octanol–water partition coefficient (Wildman–Crippen LogP) is 3.32. The van der Waals surface area contributed by atoms with Crippen molar-refractivity contribution >= 4 is 0 Å². The highest BCUT2D eigenvalue weighted by atomic mass is 14.7. The van der Waals surface area contributed by atoms with Crippen molar-refractivity contribution in [2.45, 2.75) is 44.6 Å². The van der Waals surface area contributed by atoms with Crippen LogP contribution >= 0.6 is 0 Å². The SMILES string of the molecule is CC1CCC2c3c1cccc3C(N)C2C. The first-order valence-electron chi connectivity index (χ1n) is 6.08. The first kappa shape index (κ1) is 9.41. The van der Waals surface area contributed by atoms with Crippen LogP contribution in [0.25, 0.3) is 0 Å². The zero-order valence-corrected chi connectivity index (χ0v) is 9.53. The first-order chi connectivity index (χ1) is 7.20. The highest BCUT2D eigenvalue weighted by molar-refractivity contribution is 5.47. The Kier molecular flexibility index (Phi) is 1.93. The lowest BCUT2D eigenvalue weighted by Gasteiger charge is -2.29. The van der Waals surface area contributed by atoms with Gasteiger partial charge in [-0.05, 0) is 47.3 Å². The highest BCUT2D eigenvalue weighted by Crippen LogP contribution is 2.52. The summed E-state index contributed by atoms with van der Waals surface area (Å²) in [4.78, 5) is 0. The molecular formula is C14H19N. The van der Waals surface area contributed by atoms with Crippen LogP contribution in [-0.4, -0.2) is 0 Å². The lowest BCUT2D eigenvalue weighted by Crippen LogP contribution is -2.17. The van der Waals surface area contributed by atoms with Crippen molar-refractivity contribution in [2.24, 2.45) is 11.7 Å². The molecule has 0 spiro atoms. The fourth-order valence-electron chi connectivity index (χ4n) is 3.54. The van der Waals surface area contributed by atoms with E-state index in [0.29, 0.717) is 5.92 Å². The van der Waals surface area contributed by atoms with E-state index in [1.165, 1.54) is 18.4 Å². The molecule has 0 saturated heterocycles. The van der Waals surface area contributed by atoms with Crippen LogP contribution in [0.2, 0.25) is 0 Å². The standard InChI is InChI=1S/C14H19N/c1-8-6-7-11-9(2)14(15)12-5-3-4-10(8)13(11)12/h3-5,8-9,11,14H,6-7,15H2,1-2H3. The van der Waals surface area contributed by atoms with Gasteiger partial charge in [0, 0.05) is 6.04 Å². The topological polar surface area (TPSA) is 26.0 Å². The van der Waals surface area contributed by atoms with Gasteiger partial charge in [-0.25, -0.2) is 0 Å². The van der Waals surface area contributed by atoms with Crippen LogP contribution in [0.5, 0.6) is 0 Å². The fourth-order valence-corrected chi connectivity index (χ4v) is 3.54. The molecule has 80 valence electrons. The van der Waals surface area contributed by atoms with Crippen molar-refractivity contribution in [1.29, 1.82) is 0 Å². The molecule has 4 unspecified atom stereocenters. The van der Waals surface area contributed by atoms with Crippen LogP contribution in [0.15, 0.2) is 18.2 Å². The summed E-state index contributed by atoms with van der Waals surface area (Å²) < 4.78 is 0. The van der Waals surface area contributed by atoms with Gasteiger partial charge in [0.05, 0.1) is 0 Å². The first-order valence-corrected chi connectivity index (χ1v) is 6.08. The summed E-state index contributed by atoms with van der Waals surface area (Å²) in [5.74, 6) is 2.10. The molecule has 0 fully saturated rings. The van der Waals surface area contributed by atoms with Crippen molar-refractivity contribution < 1.29 is 0 Å². The van der Waals surface area contributed by atoms with Gasteiger partial charge in [0.1, 0.15) is 0 Å². The molecule has 0 radical (unpaired) electrons. The third-order valence-corrected chi connectivity index (χ3v) is 4.55. The van der Waals surface area contributed by atoms with Crippen molar-refractivity contribution in [3.05, 3.63) is 34.9 Å². The molecule has 0 aliphatic heterocycles. The fraction of sp³-hybridized carbons (Fsp3) is 0.571. The van der Waals surface area contributed by atoms with E-state index in [-0.39, 0.29) is 6.04 Å². The van der Waals surface area contributed by atoms with Crippen LogP contribution in [-0.2, 0) is 0 Å². The van der Waals surface area contributed by atoms with Gasteiger partial charge in [-0.1, -0.05) is 32.0 Å². The highest BCUT2D eigenvalue weighted by Gasteiger charge is 2.39. The number of nitrogens with two attached hydrogens (primary N) is 1. The molecule has 0 heterocycles. The lowest BCUT2D eigenvalue weighted by molar-refractivity contribution is 0.380. The zero-order chi connectivity index (χ0) is 10.6. The molecule has 1 heteroatoms. The van der Waals surface area contributed by atoms with Gasteiger partial charge in [0.15, 0.2) is 0 Å². The Morgan fingerprint density at radius 1 is 1.13 bits per heavy atom. The molecule has 0 amide bonds. The monoisotopic (exact) mass is 201 g/mol. The molecule has 4 atom stereocenters. The summed E-state index contributed by atoms with van der Waals surface area (Å²) in [6.45, 7) is 4.66. The number of hydrogen-bond donors (Lipinski definition) is 1. The van der Waals surface area contributed by atoms with Crippen molar-refractivity contribution in [3.63, 3.8) is 0 Å². The van der Waals surface area contributed by atoms with E-state index in [1.54, 1.807) is 11.1 Å². The average molecular weight is 201 g/mol. The summed E-state index contributed by atoms with van der Waals surface area (Å²) in [6.07, 6.45) is 2.66. The Bertz CT molecular complexity index is 396. The number of hydrogen-bond acceptors (Lipinski definition) is 1. The van der Waals surface area contributed by atoms with E-state index >= 15 is 0 Å². The van der Waals surface area contributed by atoms with Gasteiger partial charge < -0.3 is 5.73 Å². The van der Waals surface area contributed by atoms with E-state index in [2.05, 4.69) is 32.0 Å². The smallest absolute Gasteiger partial charge is 0.0329 e. The summed E-state index contributed by atoms with van der Waals surface area (Å²) in [6, 6.07) is 7.00. The lowest BCUT2D eigenvalue weighted by atomic mass is 9.76. The Morgan fingerprint density at radius 2 is 1.87 bits per heavy atom. The van der Waals surface area contributed by atoms with E-state index in [0.717, 1.165) is 11.8 Å². The third kappa shape index (κ3) is 1.13. The molecule has 0 bridgehead atoms. The van der Waals surface area contributed by atoms with Crippen LogP contribution in [0.3, 0.4) is 0 Å². The van der Waals surface area contributed by atoms with Crippen molar-refractivity contribution in [1.82, 2.24) is 0 Å².